The number of aldehydes is 1. The highest BCUT2D eigenvalue weighted by Crippen LogP contribution is 2.19. The molecule has 0 radical (unpaired) electrons. The second-order valence-electron chi connectivity index (χ2n) is 1.79. The predicted molar refractivity (Wildman–Crippen MR) is 52.2 cm³/mol. The average molecular weight is 311 g/mol. The molecule has 1 aromatic carbocycles. The Morgan fingerprint density at radius 2 is 2.20 bits per heavy atom. The van der Waals surface area contributed by atoms with Gasteiger partial charge in [-0.25, -0.2) is 0 Å². The van der Waals surface area contributed by atoms with E-state index in [2.05, 4.69) is 38.5 Å². The molecule has 0 amide bonds. The number of rotatable bonds is 1. The van der Waals surface area contributed by atoms with Crippen LogP contribution in [0.3, 0.4) is 0 Å². The molecule has 0 atom stereocenters. The molecule has 10 heavy (non-hydrogen) atoms. The number of hydrogen-bond donors (Lipinski definition) is 0. The van der Waals surface area contributed by atoms with Crippen LogP contribution in [-0.4, -0.2) is 6.29 Å². The van der Waals surface area contributed by atoms with E-state index >= 15 is 0 Å². The Morgan fingerprint density at radius 1 is 1.50 bits per heavy atom. The van der Waals surface area contributed by atoms with Gasteiger partial charge in [0.05, 0.1) is 0 Å². The highest BCUT2D eigenvalue weighted by atomic mass is 127. The second kappa shape index (κ2) is 3.48. The molecule has 0 aromatic heterocycles. The first-order chi connectivity index (χ1) is 4.74. The smallest absolute Gasteiger partial charge is 0.150 e. The third-order valence-electron chi connectivity index (χ3n) is 1.08. The van der Waals surface area contributed by atoms with Crippen molar-refractivity contribution < 1.29 is 4.79 Å². The van der Waals surface area contributed by atoms with Gasteiger partial charge < -0.3 is 0 Å². The fourth-order valence-electron chi connectivity index (χ4n) is 0.586. The summed E-state index contributed by atoms with van der Waals surface area (Å²) in [6, 6.07) is 5.49. The first kappa shape index (κ1) is 8.20. The van der Waals surface area contributed by atoms with Crippen LogP contribution in [0, 0.1) is 3.57 Å². The molecule has 0 bridgehead atoms. The summed E-state index contributed by atoms with van der Waals surface area (Å²) < 4.78 is 2.08. The minimum atomic E-state index is 0.701. The SMILES string of the molecule is O=Cc1ccc(I)c(Br)c1. The molecule has 0 aliphatic heterocycles. The summed E-state index contributed by atoms with van der Waals surface area (Å²) in [5.74, 6) is 0. The largest absolute Gasteiger partial charge is 0.298 e. The molecular formula is C7H4BrIO. The van der Waals surface area contributed by atoms with Crippen LogP contribution in [0.25, 0.3) is 0 Å². The minimum Gasteiger partial charge on any atom is -0.298 e. The van der Waals surface area contributed by atoms with Gasteiger partial charge in [0.2, 0.25) is 0 Å². The summed E-state index contributed by atoms with van der Waals surface area (Å²) in [4.78, 5) is 10.2. The Balaban J connectivity index is 3.16. The number of carbonyl (C=O) groups excluding carboxylic acids is 1. The lowest BCUT2D eigenvalue weighted by Crippen LogP contribution is -1.80. The van der Waals surface area contributed by atoms with Crippen molar-refractivity contribution >= 4 is 44.8 Å². The normalized spacial score (nSPS) is 9.40. The van der Waals surface area contributed by atoms with Crippen molar-refractivity contribution in [3.05, 3.63) is 31.8 Å². The molecule has 1 rings (SSSR count). The van der Waals surface area contributed by atoms with Crippen molar-refractivity contribution in [2.24, 2.45) is 0 Å². The van der Waals surface area contributed by atoms with Crippen LogP contribution in [0.15, 0.2) is 22.7 Å². The molecule has 0 spiro atoms. The summed E-state index contributed by atoms with van der Waals surface area (Å²) >= 11 is 5.51. The molecule has 0 saturated carbocycles. The zero-order valence-electron chi connectivity index (χ0n) is 4.97. The summed E-state index contributed by atoms with van der Waals surface area (Å²) in [6.45, 7) is 0. The maximum absolute atomic E-state index is 10.2. The average Bonchev–Trinajstić information content (AvgIpc) is 1.95. The fourth-order valence-corrected chi connectivity index (χ4v) is 1.32. The lowest BCUT2D eigenvalue weighted by Gasteiger charge is -1.94. The van der Waals surface area contributed by atoms with Crippen molar-refractivity contribution in [2.45, 2.75) is 0 Å². The van der Waals surface area contributed by atoms with Crippen LogP contribution >= 0.6 is 38.5 Å². The number of benzene rings is 1. The number of hydrogen-bond acceptors (Lipinski definition) is 1. The van der Waals surface area contributed by atoms with Gasteiger partial charge in [0.15, 0.2) is 0 Å². The topological polar surface area (TPSA) is 17.1 Å². The monoisotopic (exact) mass is 310 g/mol. The van der Waals surface area contributed by atoms with Gasteiger partial charge in [0.1, 0.15) is 6.29 Å². The van der Waals surface area contributed by atoms with Gasteiger partial charge in [-0.3, -0.25) is 4.79 Å². The Kier molecular flexibility index (Phi) is 2.85. The van der Waals surface area contributed by atoms with Gasteiger partial charge in [-0.05, 0) is 50.7 Å². The fraction of sp³-hybridized carbons (Fsp3) is 0. The molecular weight excluding hydrogens is 307 g/mol. The van der Waals surface area contributed by atoms with Crippen LogP contribution in [0.2, 0.25) is 0 Å². The highest BCUT2D eigenvalue weighted by molar-refractivity contribution is 14.1. The molecule has 0 unspecified atom stereocenters. The third-order valence-corrected chi connectivity index (χ3v) is 3.42. The molecule has 52 valence electrons. The maximum atomic E-state index is 10.2. The lowest BCUT2D eigenvalue weighted by atomic mass is 10.2. The van der Waals surface area contributed by atoms with Crippen LogP contribution in [-0.2, 0) is 0 Å². The van der Waals surface area contributed by atoms with E-state index in [1.807, 2.05) is 6.07 Å². The van der Waals surface area contributed by atoms with Gasteiger partial charge in [0.25, 0.3) is 0 Å². The maximum Gasteiger partial charge on any atom is 0.150 e. The van der Waals surface area contributed by atoms with E-state index in [-0.39, 0.29) is 0 Å². The Morgan fingerprint density at radius 3 is 2.70 bits per heavy atom. The molecule has 1 nitrogen and oxygen atoms in total. The molecule has 3 heteroatoms. The quantitative estimate of drug-likeness (QED) is 0.576. The Bertz CT molecular complexity index is 260. The Labute approximate surface area is 81.1 Å². The van der Waals surface area contributed by atoms with Crippen LogP contribution in [0.5, 0.6) is 0 Å². The Hall–Kier alpha value is 0.1000. The molecule has 0 N–H and O–H groups in total. The third kappa shape index (κ3) is 1.79. The summed E-state index contributed by atoms with van der Waals surface area (Å²) in [5, 5.41) is 0. The van der Waals surface area contributed by atoms with E-state index in [0.717, 1.165) is 14.3 Å². The first-order valence-electron chi connectivity index (χ1n) is 2.64. The lowest BCUT2D eigenvalue weighted by molar-refractivity contribution is 0.112. The van der Waals surface area contributed by atoms with Gasteiger partial charge in [-0.2, -0.15) is 0 Å². The summed E-state index contributed by atoms with van der Waals surface area (Å²) in [7, 11) is 0. The first-order valence-corrected chi connectivity index (χ1v) is 4.51. The van der Waals surface area contributed by atoms with Crippen molar-refractivity contribution in [1.82, 2.24) is 0 Å². The zero-order chi connectivity index (χ0) is 7.56. The van der Waals surface area contributed by atoms with E-state index in [0.29, 0.717) is 5.56 Å². The van der Waals surface area contributed by atoms with Gasteiger partial charge in [0, 0.05) is 13.6 Å². The van der Waals surface area contributed by atoms with Gasteiger partial charge in [-0.15, -0.1) is 0 Å². The van der Waals surface area contributed by atoms with Crippen molar-refractivity contribution in [3.63, 3.8) is 0 Å². The molecule has 0 aliphatic carbocycles. The van der Waals surface area contributed by atoms with E-state index in [1.165, 1.54) is 0 Å². The predicted octanol–water partition coefficient (Wildman–Crippen LogP) is 2.87. The van der Waals surface area contributed by atoms with E-state index in [4.69, 9.17) is 0 Å². The summed E-state index contributed by atoms with van der Waals surface area (Å²) in [5.41, 5.74) is 0.701. The minimum absolute atomic E-state index is 0.701. The van der Waals surface area contributed by atoms with Crippen LogP contribution in [0.4, 0.5) is 0 Å². The van der Waals surface area contributed by atoms with Gasteiger partial charge in [-0.1, -0.05) is 6.07 Å². The van der Waals surface area contributed by atoms with Crippen molar-refractivity contribution in [2.75, 3.05) is 0 Å². The zero-order valence-corrected chi connectivity index (χ0v) is 8.72. The molecule has 0 aliphatic rings. The van der Waals surface area contributed by atoms with E-state index < -0.39 is 0 Å². The van der Waals surface area contributed by atoms with E-state index in [1.54, 1.807) is 12.1 Å². The molecule has 0 heterocycles. The van der Waals surface area contributed by atoms with Crippen LogP contribution < -0.4 is 0 Å². The van der Waals surface area contributed by atoms with Crippen LogP contribution in [0.1, 0.15) is 10.4 Å². The standard InChI is InChI=1S/C7H4BrIO/c8-6-3-5(4-10)1-2-7(6)9/h1-4H. The molecule has 0 fully saturated rings. The number of carbonyl (C=O) groups is 1. The summed E-state index contributed by atoms with van der Waals surface area (Å²) in [6.07, 6.45) is 0.834. The highest BCUT2D eigenvalue weighted by Gasteiger charge is 1.95. The molecule has 1 aromatic rings. The van der Waals surface area contributed by atoms with Gasteiger partial charge >= 0.3 is 0 Å². The number of halogens is 2. The van der Waals surface area contributed by atoms with E-state index in [9.17, 15) is 4.79 Å². The molecule has 0 saturated heterocycles. The van der Waals surface area contributed by atoms with Crippen molar-refractivity contribution in [3.8, 4) is 0 Å². The van der Waals surface area contributed by atoms with Crippen molar-refractivity contribution in [1.29, 1.82) is 0 Å². The second-order valence-corrected chi connectivity index (χ2v) is 3.81.